The number of nitrogens with one attached hydrogen (secondary N) is 1. The Morgan fingerprint density at radius 1 is 1.22 bits per heavy atom. The molecule has 0 aliphatic rings. The highest BCUT2D eigenvalue weighted by Gasteiger charge is 1.99. The molecule has 0 radical (unpaired) electrons. The number of anilines is 1. The predicted molar refractivity (Wildman–Crippen MR) is 72.8 cm³/mol. The van der Waals surface area contributed by atoms with E-state index in [-0.39, 0.29) is 5.82 Å². The molecule has 0 heterocycles. The second-order valence-electron chi connectivity index (χ2n) is 4.16. The van der Waals surface area contributed by atoms with Crippen molar-refractivity contribution in [2.24, 2.45) is 0 Å². The first-order valence-corrected chi connectivity index (χ1v) is 5.74. The average Bonchev–Trinajstić information content (AvgIpc) is 2.40. The van der Waals surface area contributed by atoms with Crippen LogP contribution in [-0.4, -0.2) is 0 Å². The van der Waals surface area contributed by atoms with Gasteiger partial charge in [0.2, 0.25) is 0 Å². The number of halogens is 1. The molecule has 1 nitrogen and oxygen atoms in total. The molecule has 0 fully saturated rings. The average molecular weight is 239 g/mol. The highest BCUT2D eigenvalue weighted by Crippen LogP contribution is 2.13. The Labute approximate surface area is 107 Å². The fourth-order valence-corrected chi connectivity index (χ4v) is 1.74. The molecule has 0 bridgehead atoms. The van der Waals surface area contributed by atoms with Crippen molar-refractivity contribution >= 4 is 5.69 Å². The summed E-state index contributed by atoms with van der Waals surface area (Å²) in [5.74, 6) is 2.42. The van der Waals surface area contributed by atoms with Gasteiger partial charge in [-0.2, -0.15) is 0 Å². The van der Waals surface area contributed by atoms with Crippen LogP contribution in [0.3, 0.4) is 0 Å². The van der Waals surface area contributed by atoms with Gasteiger partial charge in [-0.1, -0.05) is 24.1 Å². The molecule has 0 aliphatic heterocycles. The predicted octanol–water partition coefficient (Wildman–Crippen LogP) is 3.73. The Bertz CT molecular complexity index is 596. The van der Waals surface area contributed by atoms with Gasteiger partial charge in [-0.25, -0.2) is 4.39 Å². The van der Waals surface area contributed by atoms with Crippen molar-refractivity contribution in [1.29, 1.82) is 0 Å². The van der Waals surface area contributed by atoms with E-state index in [1.54, 1.807) is 13.0 Å². The minimum Gasteiger partial charge on any atom is -0.381 e. The third-order valence-electron chi connectivity index (χ3n) is 2.75. The molecule has 2 heteroatoms. The quantitative estimate of drug-likeness (QED) is 0.805. The Kier molecular flexibility index (Phi) is 3.64. The molecule has 0 saturated heterocycles. The van der Waals surface area contributed by atoms with E-state index in [2.05, 4.69) is 11.2 Å². The molecular formula is C16H14FN. The van der Waals surface area contributed by atoms with Gasteiger partial charge >= 0.3 is 0 Å². The van der Waals surface area contributed by atoms with Crippen molar-refractivity contribution in [2.45, 2.75) is 13.5 Å². The van der Waals surface area contributed by atoms with Crippen molar-refractivity contribution in [3.05, 3.63) is 65.0 Å². The molecule has 2 aromatic carbocycles. The van der Waals surface area contributed by atoms with Crippen LogP contribution in [0.25, 0.3) is 0 Å². The van der Waals surface area contributed by atoms with Crippen LogP contribution in [0.4, 0.5) is 10.1 Å². The van der Waals surface area contributed by atoms with Gasteiger partial charge in [-0.15, -0.1) is 6.42 Å². The van der Waals surface area contributed by atoms with Crippen molar-refractivity contribution in [2.75, 3.05) is 5.32 Å². The van der Waals surface area contributed by atoms with E-state index in [1.807, 2.05) is 30.3 Å². The molecule has 0 atom stereocenters. The lowest BCUT2D eigenvalue weighted by Gasteiger charge is -2.08. The zero-order valence-corrected chi connectivity index (χ0v) is 10.2. The van der Waals surface area contributed by atoms with Crippen molar-refractivity contribution in [3.8, 4) is 12.3 Å². The van der Waals surface area contributed by atoms with Crippen LogP contribution < -0.4 is 5.32 Å². The monoisotopic (exact) mass is 239 g/mol. The lowest BCUT2D eigenvalue weighted by Crippen LogP contribution is -2.00. The van der Waals surface area contributed by atoms with Crippen LogP contribution >= 0.6 is 0 Å². The summed E-state index contributed by atoms with van der Waals surface area (Å²) in [5, 5.41) is 3.26. The SMILES string of the molecule is C#Cc1cccc(NCc2ccc(F)c(C)c2)c1. The lowest BCUT2D eigenvalue weighted by atomic mass is 10.1. The first-order valence-electron chi connectivity index (χ1n) is 5.74. The Balaban J connectivity index is 2.07. The third-order valence-corrected chi connectivity index (χ3v) is 2.75. The number of rotatable bonds is 3. The van der Waals surface area contributed by atoms with E-state index in [1.165, 1.54) is 6.07 Å². The largest absolute Gasteiger partial charge is 0.381 e. The molecule has 0 saturated carbocycles. The van der Waals surface area contributed by atoms with Crippen LogP contribution in [0.15, 0.2) is 42.5 Å². The van der Waals surface area contributed by atoms with Gasteiger partial charge in [0, 0.05) is 17.8 Å². The van der Waals surface area contributed by atoms with Crippen molar-refractivity contribution < 1.29 is 4.39 Å². The Morgan fingerprint density at radius 3 is 2.78 bits per heavy atom. The number of terminal acetylenes is 1. The fraction of sp³-hybridized carbons (Fsp3) is 0.125. The topological polar surface area (TPSA) is 12.0 Å². The minimum atomic E-state index is -0.173. The zero-order chi connectivity index (χ0) is 13.0. The van der Waals surface area contributed by atoms with Crippen LogP contribution in [0.5, 0.6) is 0 Å². The summed E-state index contributed by atoms with van der Waals surface area (Å²) in [7, 11) is 0. The van der Waals surface area contributed by atoms with Gasteiger partial charge in [-0.05, 0) is 42.3 Å². The molecule has 2 rings (SSSR count). The first kappa shape index (κ1) is 12.2. The van der Waals surface area contributed by atoms with Gasteiger partial charge in [0.1, 0.15) is 5.82 Å². The highest BCUT2D eigenvalue weighted by atomic mass is 19.1. The van der Waals surface area contributed by atoms with E-state index >= 15 is 0 Å². The van der Waals surface area contributed by atoms with Gasteiger partial charge in [-0.3, -0.25) is 0 Å². The van der Waals surface area contributed by atoms with Crippen molar-refractivity contribution in [1.82, 2.24) is 0 Å². The summed E-state index contributed by atoms with van der Waals surface area (Å²) in [6.07, 6.45) is 5.34. The fourth-order valence-electron chi connectivity index (χ4n) is 1.74. The molecule has 0 unspecified atom stereocenters. The van der Waals surface area contributed by atoms with Gasteiger partial charge in [0.05, 0.1) is 0 Å². The Hall–Kier alpha value is -2.27. The van der Waals surface area contributed by atoms with E-state index in [4.69, 9.17) is 6.42 Å². The molecule has 2 aromatic rings. The normalized spacial score (nSPS) is 9.83. The Morgan fingerprint density at radius 2 is 2.06 bits per heavy atom. The summed E-state index contributed by atoms with van der Waals surface area (Å²) in [6.45, 7) is 2.41. The molecular weight excluding hydrogens is 225 g/mol. The van der Waals surface area contributed by atoms with E-state index in [9.17, 15) is 4.39 Å². The van der Waals surface area contributed by atoms with E-state index in [0.717, 1.165) is 16.8 Å². The summed E-state index contributed by atoms with van der Waals surface area (Å²) >= 11 is 0. The maximum atomic E-state index is 13.1. The minimum absolute atomic E-state index is 0.173. The first-order chi connectivity index (χ1) is 8.69. The molecule has 0 aromatic heterocycles. The molecule has 90 valence electrons. The number of hydrogen-bond donors (Lipinski definition) is 1. The summed E-state index contributed by atoms with van der Waals surface area (Å²) in [5.41, 5.74) is 3.51. The second kappa shape index (κ2) is 5.37. The molecule has 18 heavy (non-hydrogen) atoms. The number of benzene rings is 2. The van der Waals surface area contributed by atoms with E-state index in [0.29, 0.717) is 12.1 Å². The molecule has 0 spiro atoms. The number of aryl methyl sites for hydroxylation is 1. The van der Waals surface area contributed by atoms with Gasteiger partial charge in [0.15, 0.2) is 0 Å². The zero-order valence-electron chi connectivity index (χ0n) is 10.2. The van der Waals surface area contributed by atoms with Crippen molar-refractivity contribution in [3.63, 3.8) is 0 Å². The lowest BCUT2D eigenvalue weighted by molar-refractivity contribution is 0.617. The summed E-state index contributed by atoms with van der Waals surface area (Å²) < 4.78 is 13.1. The van der Waals surface area contributed by atoms with Gasteiger partial charge < -0.3 is 5.32 Å². The second-order valence-corrected chi connectivity index (χ2v) is 4.16. The molecule has 0 amide bonds. The van der Waals surface area contributed by atoms with Gasteiger partial charge in [0.25, 0.3) is 0 Å². The molecule has 0 aliphatic carbocycles. The van der Waals surface area contributed by atoms with E-state index < -0.39 is 0 Å². The maximum absolute atomic E-state index is 13.1. The standard InChI is InChI=1S/C16H14FN/c1-3-13-5-4-6-15(10-13)18-11-14-7-8-16(17)12(2)9-14/h1,4-10,18H,11H2,2H3. The number of hydrogen-bond acceptors (Lipinski definition) is 1. The smallest absolute Gasteiger partial charge is 0.126 e. The summed E-state index contributed by atoms with van der Waals surface area (Å²) in [6, 6.07) is 12.8. The third kappa shape index (κ3) is 2.89. The van der Waals surface area contributed by atoms with Crippen LogP contribution in [0, 0.1) is 25.1 Å². The summed E-state index contributed by atoms with van der Waals surface area (Å²) in [4.78, 5) is 0. The van der Waals surface area contributed by atoms with Crippen LogP contribution in [-0.2, 0) is 6.54 Å². The van der Waals surface area contributed by atoms with Crippen LogP contribution in [0.2, 0.25) is 0 Å². The maximum Gasteiger partial charge on any atom is 0.126 e. The highest BCUT2D eigenvalue weighted by molar-refractivity contribution is 5.50. The molecule has 1 N–H and O–H groups in total. The van der Waals surface area contributed by atoms with Crippen LogP contribution in [0.1, 0.15) is 16.7 Å².